The largest absolute Gasteiger partial charge is 0.399 e. The van der Waals surface area contributed by atoms with Gasteiger partial charge in [-0.15, -0.1) is 0 Å². The Morgan fingerprint density at radius 1 is 1.55 bits per heavy atom. The minimum absolute atomic E-state index is 0.222. The van der Waals surface area contributed by atoms with Crippen molar-refractivity contribution >= 4 is 6.21 Å². The molecule has 0 aliphatic carbocycles. The SMILES string of the molecule is CC1(F)C=NC(N)=CC(N)=C1. The van der Waals surface area contributed by atoms with Crippen molar-refractivity contribution in [1.29, 1.82) is 0 Å². The fourth-order valence-corrected chi connectivity index (χ4v) is 0.814. The molecule has 1 rings (SSSR count). The smallest absolute Gasteiger partial charge is 0.163 e. The van der Waals surface area contributed by atoms with Crippen molar-refractivity contribution in [3.8, 4) is 0 Å². The molecule has 1 heterocycles. The molecule has 4 heteroatoms. The molecule has 0 aromatic heterocycles. The average molecular weight is 155 g/mol. The maximum atomic E-state index is 13.2. The standard InChI is InChI=1S/C7H10FN3/c1-7(8)3-5(9)2-6(10)11-4-7/h2-4H,9-10H2,1H3. The molecule has 1 aliphatic heterocycles. The van der Waals surface area contributed by atoms with E-state index in [1.165, 1.54) is 19.1 Å². The number of hydrogen-bond donors (Lipinski definition) is 2. The van der Waals surface area contributed by atoms with Crippen LogP contribution >= 0.6 is 0 Å². The number of rotatable bonds is 0. The Hall–Kier alpha value is -1.32. The lowest BCUT2D eigenvalue weighted by Gasteiger charge is -2.06. The third-order valence-corrected chi connectivity index (χ3v) is 1.23. The summed E-state index contributed by atoms with van der Waals surface area (Å²) < 4.78 is 13.2. The van der Waals surface area contributed by atoms with Crippen molar-refractivity contribution in [3.05, 3.63) is 23.7 Å². The number of halogens is 1. The first kappa shape index (κ1) is 7.78. The maximum absolute atomic E-state index is 13.2. The lowest BCUT2D eigenvalue weighted by Crippen LogP contribution is -2.17. The molecule has 1 aliphatic rings. The van der Waals surface area contributed by atoms with E-state index in [9.17, 15) is 4.39 Å². The van der Waals surface area contributed by atoms with Crippen LogP contribution in [0.5, 0.6) is 0 Å². The molecule has 1 unspecified atom stereocenters. The van der Waals surface area contributed by atoms with Crippen molar-refractivity contribution in [3.63, 3.8) is 0 Å². The summed E-state index contributed by atoms with van der Waals surface area (Å²) in [5.74, 6) is 0.222. The fourth-order valence-electron chi connectivity index (χ4n) is 0.814. The Balaban J connectivity index is 3.02. The molecule has 0 saturated heterocycles. The Kier molecular flexibility index (Phi) is 1.68. The van der Waals surface area contributed by atoms with Crippen LogP contribution in [0.25, 0.3) is 0 Å². The number of alkyl halides is 1. The summed E-state index contributed by atoms with van der Waals surface area (Å²) in [4.78, 5) is 3.63. The average Bonchev–Trinajstić information content (AvgIpc) is 1.90. The van der Waals surface area contributed by atoms with E-state index in [4.69, 9.17) is 11.5 Å². The lowest BCUT2D eigenvalue weighted by atomic mass is 10.1. The molecule has 1 atom stereocenters. The monoisotopic (exact) mass is 155 g/mol. The predicted octanol–water partition coefficient (Wildman–Crippen LogP) is 0.442. The third kappa shape index (κ3) is 2.07. The van der Waals surface area contributed by atoms with Gasteiger partial charge < -0.3 is 11.5 Å². The van der Waals surface area contributed by atoms with Crippen molar-refractivity contribution in [2.75, 3.05) is 0 Å². The third-order valence-electron chi connectivity index (χ3n) is 1.23. The van der Waals surface area contributed by atoms with Crippen LogP contribution in [0, 0.1) is 0 Å². The first-order valence-electron chi connectivity index (χ1n) is 3.19. The molecule has 0 saturated carbocycles. The zero-order chi connectivity index (χ0) is 8.48. The molecule has 0 spiro atoms. The summed E-state index contributed by atoms with van der Waals surface area (Å²) in [5.41, 5.74) is 9.41. The second-order valence-electron chi connectivity index (χ2n) is 2.62. The van der Waals surface area contributed by atoms with Gasteiger partial charge in [-0.05, 0) is 13.0 Å². The quantitative estimate of drug-likeness (QED) is 0.533. The second-order valence-corrected chi connectivity index (χ2v) is 2.62. The van der Waals surface area contributed by atoms with E-state index in [-0.39, 0.29) is 5.82 Å². The summed E-state index contributed by atoms with van der Waals surface area (Å²) in [6, 6.07) is 0. The highest BCUT2D eigenvalue weighted by Crippen LogP contribution is 2.14. The van der Waals surface area contributed by atoms with Crippen LogP contribution in [0.2, 0.25) is 0 Å². The molecular weight excluding hydrogens is 145 g/mol. The molecule has 60 valence electrons. The molecule has 0 bridgehead atoms. The topological polar surface area (TPSA) is 64.4 Å². The number of aliphatic imine (C=N–C) groups is 1. The normalized spacial score (nSPS) is 30.7. The number of nitrogens with zero attached hydrogens (tertiary/aromatic N) is 1. The van der Waals surface area contributed by atoms with Crippen molar-refractivity contribution < 1.29 is 4.39 Å². The van der Waals surface area contributed by atoms with Crippen LogP contribution in [0.4, 0.5) is 4.39 Å². The zero-order valence-electron chi connectivity index (χ0n) is 6.21. The Morgan fingerprint density at radius 2 is 2.18 bits per heavy atom. The van der Waals surface area contributed by atoms with E-state index in [2.05, 4.69) is 4.99 Å². The van der Waals surface area contributed by atoms with E-state index < -0.39 is 5.67 Å². The zero-order valence-corrected chi connectivity index (χ0v) is 6.21. The van der Waals surface area contributed by atoms with E-state index in [0.29, 0.717) is 5.70 Å². The van der Waals surface area contributed by atoms with Gasteiger partial charge in [0.05, 0.1) is 0 Å². The fraction of sp³-hybridized carbons (Fsp3) is 0.286. The van der Waals surface area contributed by atoms with Crippen LogP contribution in [0.15, 0.2) is 28.7 Å². The van der Waals surface area contributed by atoms with Gasteiger partial charge in [0.1, 0.15) is 5.82 Å². The van der Waals surface area contributed by atoms with Crippen LogP contribution in [-0.4, -0.2) is 11.9 Å². The van der Waals surface area contributed by atoms with Gasteiger partial charge in [-0.2, -0.15) is 0 Å². The molecule has 11 heavy (non-hydrogen) atoms. The Bertz CT molecular complexity index is 250. The van der Waals surface area contributed by atoms with Gasteiger partial charge in [-0.25, -0.2) is 9.38 Å². The van der Waals surface area contributed by atoms with Gasteiger partial charge >= 0.3 is 0 Å². The first-order valence-corrected chi connectivity index (χ1v) is 3.19. The molecule has 0 aromatic rings. The van der Waals surface area contributed by atoms with Crippen molar-refractivity contribution in [2.45, 2.75) is 12.6 Å². The van der Waals surface area contributed by atoms with E-state index in [1.54, 1.807) is 0 Å². The van der Waals surface area contributed by atoms with Crippen LogP contribution in [0.3, 0.4) is 0 Å². The van der Waals surface area contributed by atoms with Crippen LogP contribution < -0.4 is 11.5 Å². The highest BCUT2D eigenvalue weighted by atomic mass is 19.1. The van der Waals surface area contributed by atoms with Crippen molar-refractivity contribution in [1.82, 2.24) is 0 Å². The second kappa shape index (κ2) is 2.38. The predicted molar refractivity (Wildman–Crippen MR) is 42.5 cm³/mol. The molecule has 0 aromatic carbocycles. The molecule has 0 amide bonds. The van der Waals surface area contributed by atoms with Crippen LogP contribution in [-0.2, 0) is 0 Å². The minimum atomic E-state index is -1.60. The van der Waals surface area contributed by atoms with Gasteiger partial charge in [0.2, 0.25) is 0 Å². The summed E-state index contributed by atoms with van der Waals surface area (Å²) >= 11 is 0. The van der Waals surface area contributed by atoms with Gasteiger partial charge in [-0.3, -0.25) is 0 Å². The number of allylic oxidation sites excluding steroid dienone is 2. The Labute approximate surface area is 64.3 Å². The van der Waals surface area contributed by atoms with E-state index >= 15 is 0 Å². The van der Waals surface area contributed by atoms with Gasteiger partial charge in [-0.1, -0.05) is 0 Å². The molecule has 0 radical (unpaired) electrons. The van der Waals surface area contributed by atoms with Crippen LogP contribution in [0.1, 0.15) is 6.92 Å². The lowest BCUT2D eigenvalue weighted by molar-refractivity contribution is 0.361. The van der Waals surface area contributed by atoms with E-state index in [0.717, 1.165) is 6.21 Å². The number of hydrogen-bond acceptors (Lipinski definition) is 3. The molecule has 0 fully saturated rings. The van der Waals surface area contributed by atoms with Crippen molar-refractivity contribution in [2.24, 2.45) is 16.5 Å². The summed E-state index contributed by atoms with van der Waals surface area (Å²) in [5, 5.41) is 0. The van der Waals surface area contributed by atoms with Gasteiger partial charge in [0.15, 0.2) is 5.67 Å². The first-order chi connectivity index (χ1) is 4.99. The maximum Gasteiger partial charge on any atom is 0.163 e. The van der Waals surface area contributed by atoms with Gasteiger partial charge in [0.25, 0.3) is 0 Å². The molecular formula is C7H10FN3. The van der Waals surface area contributed by atoms with Gasteiger partial charge in [0, 0.05) is 18.0 Å². The molecule has 3 nitrogen and oxygen atoms in total. The highest BCUT2D eigenvalue weighted by molar-refractivity contribution is 5.73. The summed E-state index contributed by atoms with van der Waals surface area (Å²) in [6.45, 7) is 1.36. The summed E-state index contributed by atoms with van der Waals surface area (Å²) in [7, 11) is 0. The Morgan fingerprint density at radius 3 is 2.82 bits per heavy atom. The minimum Gasteiger partial charge on any atom is -0.399 e. The van der Waals surface area contributed by atoms with E-state index in [1.807, 2.05) is 0 Å². The summed E-state index contributed by atoms with van der Waals surface area (Å²) in [6.07, 6.45) is 3.80. The number of nitrogens with two attached hydrogens (primary N) is 2. The highest BCUT2D eigenvalue weighted by Gasteiger charge is 2.18. The molecule has 4 N–H and O–H groups in total.